The zero-order valence-electron chi connectivity index (χ0n) is 15.6. The van der Waals surface area contributed by atoms with Crippen LogP contribution in [0.3, 0.4) is 0 Å². The average Bonchev–Trinajstić information content (AvgIpc) is 2.67. The fourth-order valence-corrected chi connectivity index (χ4v) is 3.82. The molecule has 1 amide bonds. The van der Waals surface area contributed by atoms with E-state index in [-0.39, 0.29) is 16.8 Å². The van der Waals surface area contributed by atoms with E-state index in [1.54, 1.807) is 31.4 Å². The summed E-state index contributed by atoms with van der Waals surface area (Å²) in [6.07, 6.45) is 0.895. The van der Waals surface area contributed by atoms with Crippen molar-refractivity contribution in [2.75, 3.05) is 20.3 Å². The van der Waals surface area contributed by atoms with Crippen LogP contribution in [0.1, 0.15) is 30.5 Å². The number of carbonyl (C=O) groups is 1. The van der Waals surface area contributed by atoms with Crippen LogP contribution in [0.25, 0.3) is 0 Å². The predicted octanol–water partition coefficient (Wildman–Crippen LogP) is 2.42. The highest BCUT2D eigenvalue weighted by atomic mass is 32.2. The monoisotopic (exact) mass is 390 g/mol. The van der Waals surface area contributed by atoms with Crippen LogP contribution in [0.4, 0.5) is 0 Å². The second kappa shape index (κ2) is 10.2. The zero-order chi connectivity index (χ0) is 19.7. The number of rotatable bonds is 10. The van der Waals surface area contributed by atoms with Gasteiger partial charge < -0.3 is 10.1 Å². The van der Waals surface area contributed by atoms with Gasteiger partial charge in [-0.05, 0) is 36.6 Å². The average molecular weight is 391 g/mol. The number of aryl methyl sites for hydroxylation is 1. The molecule has 0 spiro atoms. The molecular weight excluding hydrogens is 364 g/mol. The van der Waals surface area contributed by atoms with Crippen LogP contribution in [-0.2, 0) is 26.0 Å². The minimum atomic E-state index is -3.61. The summed E-state index contributed by atoms with van der Waals surface area (Å²) in [6, 6.07) is 15.7. The topological polar surface area (TPSA) is 84.5 Å². The van der Waals surface area contributed by atoms with Crippen LogP contribution >= 0.6 is 0 Å². The van der Waals surface area contributed by atoms with E-state index < -0.39 is 10.0 Å². The molecule has 0 heterocycles. The summed E-state index contributed by atoms with van der Waals surface area (Å²) in [5.41, 5.74) is 1.81. The van der Waals surface area contributed by atoms with Crippen molar-refractivity contribution in [1.29, 1.82) is 0 Å². The first-order valence-electron chi connectivity index (χ1n) is 8.84. The molecule has 2 aromatic carbocycles. The number of sulfonamides is 1. The van der Waals surface area contributed by atoms with Gasteiger partial charge in [-0.15, -0.1) is 0 Å². The van der Waals surface area contributed by atoms with Crippen molar-refractivity contribution in [1.82, 2.24) is 10.0 Å². The van der Waals surface area contributed by atoms with Crippen LogP contribution in [-0.4, -0.2) is 34.6 Å². The van der Waals surface area contributed by atoms with E-state index in [2.05, 4.69) is 10.0 Å². The molecule has 0 radical (unpaired) electrons. The fourth-order valence-electron chi connectivity index (χ4n) is 2.58. The second-order valence-corrected chi connectivity index (χ2v) is 7.95. The summed E-state index contributed by atoms with van der Waals surface area (Å²) < 4.78 is 32.7. The first-order valence-corrected chi connectivity index (χ1v) is 10.3. The first kappa shape index (κ1) is 21.1. The van der Waals surface area contributed by atoms with Gasteiger partial charge in [-0.1, -0.05) is 42.5 Å². The highest BCUT2D eigenvalue weighted by Crippen LogP contribution is 2.17. The van der Waals surface area contributed by atoms with Gasteiger partial charge in [0.15, 0.2) is 0 Å². The lowest BCUT2D eigenvalue weighted by Gasteiger charge is -2.15. The Morgan fingerprint density at radius 1 is 1.07 bits per heavy atom. The number of amides is 1. The van der Waals surface area contributed by atoms with Gasteiger partial charge in [0.25, 0.3) is 0 Å². The Bertz CT molecular complexity index is 821. The summed E-state index contributed by atoms with van der Waals surface area (Å²) in [6.45, 7) is 2.77. The van der Waals surface area contributed by atoms with Crippen molar-refractivity contribution >= 4 is 15.9 Å². The normalized spacial score (nSPS) is 12.5. The Hall–Kier alpha value is -2.22. The van der Waals surface area contributed by atoms with E-state index in [4.69, 9.17) is 4.74 Å². The maximum Gasteiger partial charge on any atom is 0.241 e. The zero-order valence-corrected chi connectivity index (χ0v) is 16.5. The van der Waals surface area contributed by atoms with Crippen molar-refractivity contribution in [3.05, 3.63) is 65.7 Å². The molecule has 2 aromatic rings. The molecule has 0 saturated carbocycles. The van der Waals surface area contributed by atoms with Crippen LogP contribution < -0.4 is 10.0 Å². The molecule has 1 atom stereocenters. The number of hydrogen-bond donors (Lipinski definition) is 2. The summed E-state index contributed by atoms with van der Waals surface area (Å²) in [5, 5.41) is 2.76. The maximum atomic E-state index is 12.6. The Kier molecular flexibility index (Phi) is 7.97. The van der Waals surface area contributed by atoms with Gasteiger partial charge >= 0.3 is 0 Å². The third-order valence-corrected chi connectivity index (χ3v) is 5.69. The molecule has 2 rings (SSSR count). The molecule has 2 N–H and O–H groups in total. The predicted molar refractivity (Wildman–Crippen MR) is 105 cm³/mol. The van der Waals surface area contributed by atoms with Gasteiger partial charge in [0.05, 0.1) is 11.5 Å². The maximum absolute atomic E-state index is 12.6. The van der Waals surface area contributed by atoms with Gasteiger partial charge in [-0.3, -0.25) is 4.79 Å². The molecule has 7 heteroatoms. The molecule has 146 valence electrons. The van der Waals surface area contributed by atoms with Crippen molar-refractivity contribution in [2.45, 2.75) is 30.7 Å². The summed E-state index contributed by atoms with van der Waals surface area (Å²) in [4.78, 5) is 11.9. The number of hydrogen-bond acceptors (Lipinski definition) is 4. The van der Waals surface area contributed by atoms with Gasteiger partial charge in [-0.2, -0.15) is 0 Å². The lowest BCUT2D eigenvalue weighted by molar-refractivity contribution is -0.121. The third-order valence-electron chi connectivity index (χ3n) is 4.13. The lowest BCUT2D eigenvalue weighted by atomic mass is 10.1. The molecule has 0 bridgehead atoms. The highest BCUT2D eigenvalue weighted by Gasteiger charge is 2.18. The van der Waals surface area contributed by atoms with E-state index in [0.29, 0.717) is 26.0 Å². The standard InChI is InChI=1S/C20H26N2O4S/c1-16(18-6-4-3-5-7-18)22-27(24,25)19-11-8-17(9-12-19)10-13-20(23)21-14-15-26-2/h3-9,11-12,16,22H,10,13-15H2,1-2H3,(H,21,23)/t16-/m1/s1. The van der Waals surface area contributed by atoms with E-state index in [1.165, 1.54) is 0 Å². The van der Waals surface area contributed by atoms with Crippen molar-refractivity contribution in [2.24, 2.45) is 0 Å². The van der Waals surface area contributed by atoms with Crippen LogP contribution in [0, 0.1) is 0 Å². The number of carbonyl (C=O) groups excluding carboxylic acids is 1. The molecule has 0 aliphatic rings. The van der Waals surface area contributed by atoms with Gasteiger partial charge in [0, 0.05) is 26.1 Å². The van der Waals surface area contributed by atoms with Crippen LogP contribution in [0.2, 0.25) is 0 Å². The van der Waals surface area contributed by atoms with Gasteiger partial charge in [0.2, 0.25) is 15.9 Å². The molecule has 0 aliphatic carbocycles. The number of ether oxygens (including phenoxy) is 1. The lowest BCUT2D eigenvalue weighted by Crippen LogP contribution is -2.27. The Morgan fingerprint density at radius 3 is 2.37 bits per heavy atom. The molecule has 27 heavy (non-hydrogen) atoms. The SMILES string of the molecule is COCCNC(=O)CCc1ccc(S(=O)(=O)N[C@H](C)c2ccccc2)cc1. The summed E-state index contributed by atoms with van der Waals surface area (Å²) in [5.74, 6) is -0.0536. The molecule has 0 unspecified atom stereocenters. The highest BCUT2D eigenvalue weighted by molar-refractivity contribution is 7.89. The smallest absolute Gasteiger partial charge is 0.241 e. The van der Waals surface area contributed by atoms with E-state index in [1.807, 2.05) is 37.3 Å². The van der Waals surface area contributed by atoms with E-state index >= 15 is 0 Å². The minimum absolute atomic E-state index is 0.0536. The Balaban J connectivity index is 1.92. The van der Waals surface area contributed by atoms with E-state index in [0.717, 1.165) is 11.1 Å². The third kappa shape index (κ3) is 6.78. The van der Waals surface area contributed by atoms with Crippen molar-refractivity contribution in [3.63, 3.8) is 0 Å². The summed E-state index contributed by atoms with van der Waals surface area (Å²) >= 11 is 0. The molecule has 6 nitrogen and oxygen atoms in total. The molecule has 0 aromatic heterocycles. The van der Waals surface area contributed by atoms with Gasteiger partial charge in [0.1, 0.15) is 0 Å². The summed E-state index contributed by atoms with van der Waals surface area (Å²) in [7, 11) is -2.03. The molecule has 0 aliphatic heterocycles. The van der Waals surface area contributed by atoms with Crippen molar-refractivity contribution in [3.8, 4) is 0 Å². The molecule has 0 saturated heterocycles. The largest absolute Gasteiger partial charge is 0.383 e. The van der Waals surface area contributed by atoms with E-state index in [9.17, 15) is 13.2 Å². The molecular formula is C20H26N2O4S. The number of methoxy groups -OCH3 is 1. The molecule has 0 fully saturated rings. The Morgan fingerprint density at radius 2 is 1.74 bits per heavy atom. The van der Waals surface area contributed by atoms with Crippen LogP contribution in [0.5, 0.6) is 0 Å². The first-order chi connectivity index (χ1) is 12.9. The quantitative estimate of drug-likeness (QED) is 0.610. The fraction of sp³-hybridized carbons (Fsp3) is 0.350. The number of benzene rings is 2. The van der Waals surface area contributed by atoms with Crippen LogP contribution in [0.15, 0.2) is 59.5 Å². The second-order valence-electron chi connectivity index (χ2n) is 6.24. The van der Waals surface area contributed by atoms with Gasteiger partial charge in [-0.25, -0.2) is 13.1 Å². The number of nitrogens with one attached hydrogen (secondary N) is 2. The Labute approximate surface area is 161 Å². The van der Waals surface area contributed by atoms with Crippen molar-refractivity contribution < 1.29 is 17.9 Å². The minimum Gasteiger partial charge on any atom is -0.383 e.